The molecule has 0 spiro atoms. The Balaban J connectivity index is 1.44. The SMILES string of the molecule is O=C(CN(Cc1ccccc1)S(=O)(=O)c1ccc(Cl)cc1)N/N=C\c1cccc(Oc2ccccc2)c1. The van der Waals surface area contributed by atoms with Crippen LogP contribution in [0.15, 0.2) is 119 Å². The second-order valence-corrected chi connectivity index (χ2v) is 10.4. The van der Waals surface area contributed by atoms with Crippen LogP contribution in [0.4, 0.5) is 0 Å². The average Bonchev–Trinajstić information content (AvgIpc) is 2.90. The topological polar surface area (TPSA) is 88.1 Å². The highest BCUT2D eigenvalue weighted by Crippen LogP contribution is 2.22. The summed E-state index contributed by atoms with van der Waals surface area (Å²) in [6.45, 7) is -0.407. The van der Waals surface area contributed by atoms with Crippen LogP contribution in [-0.4, -0.2) is 31.4 Å². The van der Waals surface area contributed by atoms with Crippen LogP contribution in [0, 0.1) is 0 Å². The van der Waals surface area contributed by atoms with E-state index in [0.29, 0.717) is 22.1 Å². The molecule has 0 aliphatic rings. The van der Waals surface area contributed by atoms with Crippen molar-refractivity contribution in [2.45, 2.75) is 11.4 Å². The molecule has 0 aliphatic carbocycles. The van der Waals surface area contributed by atoms with E-state index in [1.807, 2.05) is 60.7 Å². The van der Waals surface area contributed by atoms with Crippen molar-refractivity contribution in [3.63, 3.8) is 0 Å². The molecular formula is C28H24ClN3O4S. The number of hydrogen-bond donors (Lipinski definition) is 1. The van der Waals surface area contributed by atoms with Gasteiger partial charge in [-0.3, -0.25) is 4.79 Å². The first-order valence-electron chi connectivity index (χ1n) is 11.3. The zero-order valence-electron chi connectivity index (χ0n) is 19.7. The molecule has 4 aromatic rings. The summed E-state index contributed by atoms with van der Waals surface area (Å²) < 4.78 is 33.5. The van der Waals surface area contributed by atoms with Gasteiger partial charge in [-0.05, 0) is 59.7 Å². The molecule has 4 rings (SSSR count). The fourth-order valence-electron chi connectivity index (χ4n) is 3.43. The highest BCUT2D eigenvalue weighted by molar-refractivity contribution is 7.89. The molecule has 9 heteroatoms. The van der Waals surface area contributed by atoms with Gasteiger partial charge in [-0.1, -0.05) is 72.3 Å². The minimum atomic E-state index is -3.98. The predicted molar refractivity (Wildman–Crippen MR) is 144 cm³/mol. The summed E-state index contributed by atoms with van der Waals surface area (Å²) >= 11 is 5.92. The number of halogens is 1. The molecule has 0 aromatic heterocycles. The Labute approximate surface area is 221 Å². The molecule has 0 radical (unpaired) electrons. The molecule has 0 saturated carbocycles. The number of hydrogen-bond acceptors (Lipinski definition) is 5. The average molecular weight is 534 g/mol. The highest BCUT2D eigenvalue weighted by atomic mass is 35.5. The normalized spacial score (nSPS) is 11.5. The minimum absolute atomic E-state index is 0.0157. The maximum Gasteiger partial charge on any atom is 0.255 e. The van der Waals surface area contributed by atoms with Crippen molar-refractivity contribution in [2.75, 3.05) is 6.54 Å². The van der Waals surface area contributed by atoms with Crippen molar-refractivity contribution >= 4 is 33.7 Å². The lowest BCUT2D eigenvalue weighted by atomic mass is 10.2. The summed E-state index contributed by atoms with van der Waals surface area (Å²) in [6, 6.07) is 31.4. The van der Waals surface area contributed by atoms with Gasteiger partial charge in [-0.15, -0.1) is 0 Å². The summed E-state index contributed by atoms with van der Waals surface area (Å²) in [5.41, 5.74) is 3.85. The minimum Gasteiger partial charge on any atom is -0.457 e. The summed E-state index contributed by atoms with van der Waals surface area (Å²) in [4.78, 5) is 12.7. The van der Waals surface area contributed by atoms with Gasteiger partial charge in [0.1, 0.15) is 11.5 Å². The number of amides is 1. The number of benzene rings is 4. The Bertz CT molecular complexity index is 1460. The molecule has 0 fully saturated rings. The van der Waals surface area contributed by atoms with Gasteiger partial charge in [0.25, 0.3) is 5.91 Å². The van der Waals surface area contributed by atoms with Crippen molar-refractivity contribution in [2.24, 2.45) is 5.10 Å². The largest absolute Gasteiger partial charge is 0.457 e. The Morgan fingerprint density at radius 3 is 2.22 bits per heavy atom. The van der Waals surface area contributed by atoms with Crippen molar-refractivity contribution in [3.05, 3.63) is 125 Å². The third-order valence-corrected chi connectivity index (χ3v) is 7.27. The molecule has 7 nitrogen and oxygen atoms in total. The summed E-state index contributed by atoms with van der Waals surface area (Å²) in [5.74, 6) is 0.733. The molecule has 0 unspecified atom stereocenters. The van der Waals surface area contributed by atoms with Crippen LogP contribution < -0.4 is 10.2 Å². The maximum absolute atomic E-state index is 13.3. The fourth-order valence-corrected chi connectivity index (χ4v) is 4.94. The molecule has 0 saturated heterocycles. The Morgan fingerprint density at radius 1 is 0.865 bits per heavy atom. The van der Waals surface area contributed by atoms with Crippen LogP contribution in [0.1, 0.15) is 11.1 Å². The van der Waals surface area contributed by atoms with E-state index in [-0.39, 0.29) is 11.4 Å². The summed E-state index contributed by atoms with van der Waals surface area (Å²) in [7, 11) is -3.98. The van der Waals surface area contributed by atoms with Gasteiger partial charge in [0.15, 0.2) is 0 Å². The first-order valence-corrected chi connectivity index (χ1v) is 13.2. The van der Waals surface area contributed by atoms with Gasteiger partial charge in [-0.25, -0.2) is 13.8 Å². The van der Waals surface area contributed by atoms with Crippen molar-refractivity contribution in [3.8, 4) is 11.5 Å². The van der Waals surface area contributed by atoms with Crippen LogP contribution >= 0.6 is 11.6 Å². The number of ether oxygens (including phenoxy) is 1. The van der Waals surface area contributed by atoms with E-state index in [0.717, 1.165) is 9.87 Å². The van der Waals surface area contributed by atoms with Crippen LogP contribution in [0.2, 0.25) is 5.02 Å². The quantitative estimate of drug-likeness (QED) is 0.216. The smallest absolute Gasteiger partial charge is 0.255 e. The lowest BCUT2D eigenvalue weighted by Gasteiger charge is -2.21. The van der Waals surface area contributed by atoms with Gasteiger partial charge in [-0.2, -0.15) is 9.41 Å². The second-order valence-electron chi connectivity index (χ2n) is 7.99. The molecule has 0 atom stereocenters. The van der Waals surface area contributed by atoms with E-state index < -0.39 is 22.5 Å². The lowest BCUT2D eigenvalue weighted by Crippen LogP contribution is -2.39. The number of carbonyl (C=O) groups is 1. The number of para-hydroxylation sites is 1. The number of nitrogens with zero attached hydrogens (tertiary/aromatic N) is 2. The standard InChI is InChI=1S/C28H24ClN3O4S/c29-24-14-16-27(17-15-24)37(34,35)32(20-22-8-3-1-4-9-22)21-28(33)31-30-19-23-10-7-13-26(18-23)36-25-11-5-2-6-12-25/h1-19H,20-21H2,(H,31,33)/b30-19-. The number of carbonyl (C=O) groups excluding carboxylic acids is 1. The number of nitrogens with one attached hydrogen (secondary N) is 1. The van der Waals surface area contributed by atoms with E-state index >= 15 is 0 Å². The predicted octanol–water partition coefficient (Wildman–Crippen LogP) is 5.47. The van der Waals surface area contributed by atoms with Crippen LogP contribution in [0.5, 0.6) is 11.5 Å². The zero-order valence-corrected chi connectivity index (χ0v) is 21.3. The van der Waals surface area contributed by atoms with Gasteiger partial charge < -0.3 is 4.74 Å². The van der Waals surface area contributed by atoms with E-state index in [9.17, 15) is 13.2 Å². The summed E-state index contributed by atoms with van der Waals surface area (Å²) in [6.07, 6.45) is 1.46. The van der Waals surface area contributed by atoms with Crippen LogP contribution in [-0.2, 0) is 21.4 Å². The molecule has 1 N–H and O–H groups in total. The molecule has 188 valence electrons. The van der Waals surface area contributed by atoms with Crippen molar-refractivity contribution in [1.29, 1.82) is 0 Å². The fraction of sp³-hybridized carbons (Fsp3) is 0.0714. The molecule has 1 amide bonds. The third-order valence-electron chi connectivity index (χ3n) is 5.21. The molecule has 37 heavy (non-hydrogen) atoms. The highest BCUT2D eigenvalue weighted by Gasteiger charge is 2.27. The van der Waals surface area contributed by atoms with Crippen molar-refractivity contribution in [1.82, 2.24) is 9.73 Å². The van der Waals surface area contributed by atoms with Gasteiger partial charge >= 0.3 is 0 Å². The Hall–Kier alpha value is -3.98. The molecular weight excluding hydrogens is 510 g/mol. The first-order chi connectivity index (χ1) is 17.9. The van der Waals surface area contributed by atoms with Crippen molar-refractivity contribution < 1.29 is 17.9 Å². The van der Waals surface area contributed by atoms with Gasteiger partial charge in [0.05, 0.1) is 17.7 Å². The summed E-state index contributed by atoms with van der Waals surface area (Å²) in [5, 5.41) is 4.41. The molecule has 0 aliphatic heterocycles. The van der Waals surface area contributed by atoms with E-state index in [2.05, 4.69) is 10.5 Å². The van der Waals surface area contributed by atoms with Gasteiger partial charge in [0, 0.05) is 11.6 Å². The van der Waals surface area contributed by atoms with E-state index in [4.69, 9.17) is 16.3 Å². The number of sulfonamides is 1. The molecule has 0 bridgehead atoms. The molecule has 0 heterocycles. The number of rotatable bonds is 10. The van der Waals surface area contributed by atoms with E-state index in [1.54, 1.807) is 24.3 Å². The zero-order chi connectivity index (χ0) is 26.1. The Kier molecular flexibility index (Phi) is 8.68. The monoisotopic (exact) mass is 533 g/mol. The second kappa shape index (κ2) is 12.3. The van der Waals surface area contributed by atoms with Gasteiger partial charge in [0.2, 0.25) is 10.0 Å². The Morgan fingerprint density at radius 2 is 1.51 bits per heavy atom. The van der Waals surface area contributed by atoms with E-state index in [1.165, 1.54) is 30.5 Å². The first kappa shape index (κ1) is 26.1. The third kappa shape index (κ3) is 7.50. The van der Waals surface area contributed by atoms with Crippen LogP contribution in [0.3, 0.4) is 0 Å². The maximum atomic E-state index is 13.3. The number of hydrazone groups is 1. The molecule has 4 aromatic carbocycles. The van der Waals surface area contributed by atoms with Crippen LogP contribution in [0.25, 0.3) is 0 Å². The lowest BCUT2D eigenvalue weighted by molar-refractivity contribution is -0.121.